The van der Waals surface area contributed by atoms with Gasteiger partial charge in [0, 0.05) is 7.05 Å². The Labute approximate surface area is 144 Å². The number of esters is 1. The molecule has 0 aliphatic carbocycles. The van der Waals surface area contributed by atoms with Gasteiger partial charge in [0.05, 0.1) is 19.2 Å². The second-order valence-corrected chi connectivity index (χ2v) is 5.50. The van der Waals surface area contributed by atoms with Crippen LogP contribution in [0.3, 0.4) is 0 Å². The predicted octanol–water partition coefficient (Wildman–Crippen LogP) is 1.92. The van der Waals surface area contributed by atoms with Crippen LogP contribution in [-0.4, -0.2) is 54.6 Å². The van der Waals surface area contributed by atoms with Crippen LogP contribution in [0, 0.1) is 0 Å². The Morgan fingerprint density at radius 1 is 1.39 bits per heavy atom. The lowest BCUT2D eigenvalue weighted by atomic mass is 10.1. The van der Waals surface area contributed by atoms with Crippen LogP contribution in [0.1, 0.15) is 5.56 Å². The fourth-order valence-corrected chi connectivity index (χ4v) is 2.59. The zero-order valence-electron chi connectivity index (χ0n) is 12.8. The molecule has 0 unspecified atom stereocenters. The average Bonchev–Trinajstić information content (AvgIpc) is 2.73. The van der Waals surface area contributed by atoms with Crippen molar-refractivity contribution >= 4 is 46.9 Å². The zero-order chi connectivity index (χ0) is 17.1. The molecule has 1 aromatic rings. The van der Waals surface area contributed by atoms with Crippen molar-refractivity contribution < 1.29 is 19.1 Å². The van der Waals surface area contributed by atoms with Crippen LogP contribution in [-0.2, 0) is 14.3 Å². The van der Waals surface area contributed by atoms with E-state index >= 15 is 0 Å². The molecule has 0 aromatic heterocycles. The summed E-state index contributed by atoms with van der Waals surface area (Å²) in [5, 5.41) is 0.676. The summed E-state index contributed by atoms with van der Waals surface area (Å²) in [5.41, 5.74) is 1.06. The third-order valence-electron chi connectivity index (χ3n) is 3.34. The van der Waals surface area contributed by atoms with Gasteiger partial charge in [0.2, 0.25) is 0 Å². The quantitative estimate of drug-likeness (QED) is 0.468. The highest BCUT2D eigenvalue weighted by Crippen LogP contribution is 2.28. The van der Waals surface area contributed by atoms with E-state index in [4.69, 9.17) is 28.6 Å². The van der Waals surface area contributed by atoms with Crippen LogP contribution in [0.2, 0.25) is 5.02 Å². The van der Waals surface area contributed by atoms with Crippen molar-refractivity contribution in [2.45, 2.75) is 0 Å². The highest BCUT2D eigenvalue weighted by Gasteiger charge is 2.36. The lowest BCUT2D eigenvalue weighted by Gasteiger charge is -2.14. The summed E-state index contributed by atoms with van der Waals surface area (Å²) in [6.07, 6.45) is 1.65. The molecule has 1 saturated heterocycles. The molecule has 0 spiro atoms. The number of hydrogen-bond donors (Lipinski definition) is 0. The van der Waals surface area contributed by atoms with Crippen molar-refractivity contribution in [2.75, 3.05) is 27.8 Å². The summed E-state index contributed by atoms with van der Waals surface area (Å²) in [6, 6.07) is 5.16. The van der Waals surface area contributed by atoms with E-state index in [-0.39, 0.29) is 17.6 Å². The molecule has 122 valence electrons. The van der Waals surface area contributed by atoms with E-state index in [9.17, 15) is 9.59 Å². The van der Waals surface area contributed by atoms with E-state index < -0.39 is 5.97 Å². The number of halogens is 1. The van der Waals surface area contributed by atoms with E-state index in [1.807, 2.05) is 0 Å². The lowest BCUT2D eigenvalue weighted by molar-refractivity contribution is -0.143. The third-order valence-corrected chi connectivity index (χ3v) is 4.13. The molecule has 1 aliphatic heterocycles. The van der Waals surface area contributed by atoms with Gasteiger partial charge in [-0.25, -0.2) is 0 Å². The van der Waals surface area contributed by atoms with E-state index in [1.54, 1.807) is 36.2 Å². The molecule has 8 heteroatoms. The van der Waals surface area contributed by atoms with Crippen LogP contribution in [0.15, 0.2) is 23.9 Å². The number of likely N-dealkylation sites (N-methyl/N-ethyl adjacent to an activating group) is 1. The largest absolute Gasteiger partial charge is 0.495 e. The van der Waals surface area contributed by atoms with E-state index in [0.29, 0.717) is 22.0 Å². The Bertz CT molecular complexity index is 705. The van der Waals surface area contributed by atoms with Crippen LogP contribution in [0.4, 0.5) is 0 Å². The molecule has 1 fully saturated rings. The maximum absolute atomic E-state index is 12.5. The number of thiocarbonyl (C=S) groups is 1. The van der Waals surface area contributed by atoms with Crippen LogP contribution >= 0.6 is 23.8 Å². The molecule has 2 rings (SSSR count). The molecule has 1 aliphatic rings. The minimum absolute atomic E-state index is 0.223. The Morgan fingerprint density at radius 2 is 2.09 bits per heavy atom. The number of ether oxygens (including phenoxy) is 2. The minimum Gasteiger partial charge on any atom is -0.495 e. The first-order valence-corrected chi connectivity index (χ1v) is 7.39. The van der Waals surface area contributed by atoms with Gasteiger partial charge in [-0.3, -0.25) is 14.5 Å². The topological polar surface area (TPSA) is 59.1 Å². The number of rotatable bonds is 4. The van der Waals surface area contributed by atoms with Crippen LogP contribution in [0.25, 0.3) is 6.08 Å². The van der Waals surface area contributed by atoms with Gasteiger partial charge < -0.3 is 14.4 Å². The number of benzene rings is 1. The van der Waals surface area contributed by atoms with Gasteiger partial charge in [-0.1, -0.05) is 17.7 Å². The molecule has 6 nitrogen and oxygen atoms in total. The van der Waals surface area contributed by atoms with Gasteiger partial charge in [0.1, 0.15) is 18.0 Å². The predicted molar refractivity (Wildman–Crippen MR) is 90.1 cm³/mol. The molecule has 1 aromatic carbocycles. The van der Waals surface area contributed by atoms with Crippen LogP contribution < -0.4 is 4.74 Å². The molecule has 0 atom stereocenters. The van der Waals surface area contributed by atoms with Gasteiger partial charge in [-0.2, -0.15) is 0 Å². The molecule has 1 heterocycles. The molecule has 1 amide bonds. The van der Waals surface area contributed by atoms with Crippen molar-refractivity contribution in [3.05, 3.63) is 34.5 Å². The number of nitrogens with zero attached hydrogens (tertiary/aromatic N) is 2. The van der Waals surface area contributed by atoms with Gasteiger partial charge in [-0.15, -0.1) is 0 Å². The summed E-state index contributed by atoms with van der Waals surface area (Å²) >= 11 is 11.3. The number of carbonyl (C=O) groups is 2. The number of carbonyl (C=O) groups excluding carboxylic acids is 2. The Morgan fingerprint density at radius 3 is 2.65 bits per heavy atom. The summed E-state index contributed by atoms with van der Waals surface area (Å²) < 4.78 is 9.67. The second-order valence-electron chi connectivity index (χ2n) is 4.73. The van der Waals surface area contributed by atoms with Gasteiger partial charge in [-0.05, 0) is 36.0 Å². The SMILES string of the molecule is COC(=O)CN1C(=O)/C(=C/c2ccc(OC)c(Cl)c2)N(C)C1=S. The van der Waals surface area contributed by atoms with Gasteiger partial charge in [0.25, 0.3) is 5.91 Å². The van der Waals surface area contributed by atoms with Crippen molar-refractivity contribution in [1.82, 2.24) is 9.80 Å². The zero-order valence-corrected chi connectivity index (χ0v) is 14.4. The Hall–Kier alpha value is -2.12. The monoisotopic (exact) mass is 354 g/mol. The molecule has 0 radical (unpaired) electrons. The molecule has 23 heavy (non-hydrogen) atoms. The fraction of sp³-hybridized carbons (Fsp3) is 0.267. The normalized spacial score (nSPS) is 16.3. The Kier molecular flexibility index (Phi) is 5.23. The summed E-state index contributed by atoms with van der Waals surface area (Å²) in [7, 11) is 4.44. The lowest BCUT2D eigenvalue weighted by Crippen LogP contribution is -2.36. The average molecular weight is 355 g/mol. The number of methoxy groups -OCH3 is 2. The molecule has 0 saturated carbocycles. The maximum atomic E-state index is 12.5. The fourth-order valence-electron chi connectivity index (χ4n) is 2.07. The number of amides is 1. The number of hydrogen-bond acceptors (Lipinski definition) is 5. The van der Waals surface area contributed by atoms with Crippen LogP contribution in [0.5, 0.6) is 5.75 Å². The van der Waals surface area contributed by atoms with E-state index in [1.165, 1.54) is 19.1 Å². The summed E-state index contributed by atoms with van der Waals surface area (Å²) in [5.74, 6) is -0.361. The Balaban J connectivity index is 2.32. The van der Waals surface area contributed by atoms with Crippen molar-refractivity contribution in [3.8, 4) is 5.75 Å². The smallest absolute Gasteiger partial charge is 0.325 e. The van der Waals surface area contributed by atoms with E-state index in [0.717, 1.165) is 0 Å². The van der Waals surface area contributed by atoms with Crippen molar-refractivity contribution in [2.24, 2.45) is 0 Å². The maximum Gasteiger partial charge on any atom is 0.325 e. The first-order chi connectivity index (χ1) is 10.9. The first-order valence-electron chi connectivity index (χ1n) is 6.60. The summed E-state index contributed by atoms with van der Waals surface area (Å²) in [4.78, 5) is 26.6. The molecule has 0 bridgehead atoms. The molecular formula is C15H15ClN2O4S. The van der Waals surface area contributed by atoms with Gasteiger partial charge in [0.15, 0.2) is 5.11 Å². The minimum atomic E-state index is -0.539. The molecule has 0 N–H and O–H groups in total. The first kappa shape index (κ1) is 17.2. The highest BCUT2D eigenvalue weighted by atomic mass is 35.5. The van der Waals surface area contributed by atoms with Crippen molar-refractivity contribution in [3.63, 3.8) is 0 Å². The summed E-state index contributed by atoms with van der Waals surface area (Å²) in [6.45, 7) is -0.223. The highest BCUT2D eigenvalue weighted by molar-refractivity contribution is 7.80. The standard InChI is InChI=1S/C15H15ClN2O4S/c1-17-11(7-9-4-5-12(21-2)10(16)6-9)14(20)18(15(17)23)8-13(19)22-3/h4-7H,8H2,1-3H3/b11-7-. The molecular weight excluding hydrogens is 340 g/mol. The van der Waals surface area contributed by atoms with Crippen molar-refractivity contribution in [1.29, 1.82) is 0 Å². The van der Waals surface area contributed by atoms with Gasteiger partial charge >= 0.3 is 5.97 Å². The third kappa shape index (κ3) is 3.46. The van der Waals surface area contributed by atoms with E-state index in [2.05, 4.69) is 4.74 Å². The second kappa shape index (κ2) is 6.97.